The number of nitrogens with one attached hydrogen (secondary N) is 2. The lowest BCUT2D eigenvalue weighted by Gasteiger charge is -2.19. The van der Waals surface area contributed by atoms with E-state index in [0.717, 1.165) is 34.1 Å². The van der Waals surface area contributed by atoms with Gasteiger partial charge in [-0.05, 0) is 43.7 Å². The number of aryl methyl sites for hydroxylation is 1. The van der Waals surface area contributed by atoms with Gasteiger partial charge in [0.1, 0.15) is 19.0 Å². The maximum Gasteiger partial charge on any atom is 0.229 e. The number of hydrogen-bond acceptors (Lipinski definition) is 6. The maximum absolute atomic E-state index is 6.19. The summed E-state index contributed by atoms with van der Waals surface area (Å²) < 4.78 is 11.2. The van der Waals surface area contributed by atoms with Gasteiger partial charge in [0.05, 0.1) is 0 Å². The van der Waals surface area contributed by atoms with Crippen molar-refractivity contribution >= 4 is 34.7 Å². The molecule has 3 aromatic rings. The quantitative estimate of drug-likeness (QED) is 0.661. The molecule has 0 bridgehead atoms. The van der Waals surface area contributed by atoms with Gasteiger partial charge in [0.15, 0.2) is 11.5 Å². The van der Waals surface area contributed by atoms with E-state index in [0.29, 0.717) is 30.0 Å². The Morgan fingerprint density at radius 3 is 2.59 bits per heavy atom. The lowest BCUT2D eigenvalue weighted by molar-refractivity contribution is 0.171. The van der Waals surface area contributed by atoms with Crippen LogP contribution in [0.5, 0.6) is 11.5 Å². The van der Waals surface area contributed by atoms with Crippen LogP contribution in [0, 0.1) is 13.8 Å². The second kappa shape index (κ2) is 7.32. The molecule has 0 atom stereocenters. The molecule has 7 heteroatoms. The van der Waals surface area contributed by atoms with Crippen molar-refractivity contribution in [3.63, 3.8) is 0 Å². The molecule has 0 saturated carbocycles. The number of benzene rings is 2. The topological polar surface area (TPSA) is 68.3 Å². The molecule has 1 aromatic heterocycles. The van der Waals surface area contributed by atoms with E-state index in [-0.39, 0.29) is 0 Å². The molecule has 1 aliphatic heterocycles. The molecule has 27 heavy (non-hydrogen) atoms. The Morgan fingerprint density at radius 1 is 0.926 bits per heavy atom. The fourth-order valence-electron chi connectivity index (χ4n) is 2.82. The van der Waals surface area contributed by atoms with Crippen LogP contribution in [0.15, 0.2) is 42.5 Å². The van der Waals surface area contributed by atoms with Crippen LogP contribution in [0.3, 0.4) is 0 Å². The summed E-state index contributed by atoms with van der Waals surface area (Å²) in [7, 11) is 0. The Hall–Kier alpha value is -2.99. The van der Waals surface area contributed by atoms with Gasteiger partial charge in [0, 0.05) is 34.2 Å². The Bertz CT molecular complexity index is 994. The molecule has 2 N–H and O–H groups in total. The van der Waals surface area contributed by atoms with Crippen molar-refractivity contribution in [3.05, 3.63) is 58.7 Å². The molecule has 0 unspecified atom stereocenters. The van der Waals surface area contributed by atoms with Crippen molar-refractivity contribution < 1.29 is 9.47 Å². The van der Waals surface area contributed by atoms with Crippen molar-refractivity contribution in [1.82, 2.24) is 9.97 Å². The van der Waals surface area contributed by atoms with Crippen LogP contribution in [-0.2, 0) is 0 Å². The summed E-state index contributed by atoms with van der Waals surface area (Å²) in [5, 5.41) is 7.23. The van der Waals surface area contributed by atoms with Gasteiger partial charge >= 0.3 is 0 Å². The van der Waals surface area contributed by atoms with Gasteiger partial charge < -0.3 is 20.1 Å². The highest BCUT2D eigenvalue weighted by Gasteiger charge is 2.12. The van der Waals surface area contributed by atoms with Crippen LogP contribution < -0.4 is 20.1 Å². The molecule has 0 spiro atoms. The number of nitrogens with zero attached hydrogens (tertiary/aromatic N) is 2. The highest BCUT2D eigenvalue weighted by atomic mass is 35.5. The summed E-state index contributed by atoms with van der Waals surface area (Å²) in [4.78, 5) is 9.02. The normalized spacial score (nSPS) is 12.6. The fraction of sp³-hybridized carbons (Fsp3) is 0.200. The van der Waals surface area contributed by atoms with Crippen molar-refractivity contribution in [2.24, 2.45) is 0 Å². The summed E-state index contributed by atoms with van der Waals surface area (Å²) in [5.41, 5.74) is 3.53. The van der Waals surface area contributed by atoms with E-state index >= 15 is 0 Å². The van der Waals surface area contributed by atoms with E-state index in [2.05, 4.69) is 20.6 Å². The number of halogens is 1. The van der Waals surface area contributed by atoms with Gasteiger partial charge in [-0.1, -0.05) is 17.7 Å². The summed E-state index contributed by atoms with van der Waals surface area (Å²) in [6.07, 6.45) is 0. The number of ether oxygens (including phenoxy) is 2. The second-order valence-corrected chi connectivity index (χ2v) is 6.65. The molecular formula is C20H19ClN4O2. The fourth-order valence-corrected chi connectivity index (χ4v) is 3.00. The maximum atomic E-state index is 6.19. The Labute approximate surface area is 162 Å². The standard InChI is InChI=1S/C20H19ClN4O2/c1-12-10-19(23-14-6-7-17-18(11-14)27-9-8-26-17)25-20(22-12)24-16-5-3-4-15(21)13(16)2/h3-7,10-11H,8-9H2,1-2H3,(H2,22,23,24,25). The number of fused-ring (bicyclic) bond motifs is 1. The summed E-state index contributed by atoms with van der Waals surface area (Å²) in [5.74, 6) is 2.66. The molecule has 1 aliphatic rings. The van der Waals surface area contributed by atoms with Gasteiger partial charge in [0.25, 0.3) is 0 Å². The summed E-state index contributed by atoms with van der Waals surface area (Å²) in [6, 6.07) is 13.3. The molecule has 138 valence electrons. The monoisotopic (exact) mass is 382 g/mol. The molecule has 4 rings (SSSR count). The third kappa shape index (κ3) is 3.90. The van der Waals surface area contributed by atoms with Crippen molar-refractivity contribution in [1.29, 1.82) is 0 Å². The van der Waals surface area contributed by atoms with E-state index in [4.69, 9.17) is 21.1 Å². The smallest absolute Gasteiger partial charge is 0.229 e. The Kier molecular flexibility index (Phi) is 4.73. The van der Waals surface area contributed by atoms with Crippen molar-refractivity contribution in [2.75, 3.05) is 23.8 Å². The highest BCUT2D eigenvalue weighted by Crippen LogP contribution is 2.33. The number of anilines is 4. The van der Waals surface area contributed by atoms with E-state index < -0.39 is 0 Å². The molecule has 0 radical (unpaired) electrons. The number of aromatic nitrogens is 2. The van der Waals surface area contributed by atoms with Gasteiger partial charge in [-0.25, -0.2) is 4.98 Å². The van der Waals surface area contributed by atoms with E-state index in [1.165, 1.54) is 0 Å². The number of rotatable bonds is 4. The van der Waals surface area contributed by atoms with Gasteiger partial charge in [0.2, 0.25) is 5.95 Å². The third-order valence-corrected chi connectivity index (χ3v) is 4.59. The van der Waals surface area contributed by atoms with E-state index in [1.807, 2.05) is 56.3 Å². The lowest BCUT2D eigenvalue weighted by atomic mass is 10.2. The summed E-state index contributed by atoms with van der Waals surface area (Å²) in [6.45, 7) is 5.00. The van der Waals surface area contributed by atoms with E-state index in [9.17, 15) is 0 Å². The third-order valence-electron chi connectivity index (χ3n) is 4.18. The SMILES string of the molecule is Cc1cc(Nc2ccc3c(c2)OCCO3)nc(Nc2cccc(Cl)c2C)n1. The number of hydrogen-bond donors (Lipinski definition) is 2. The van der Waals surface area contributed by atoms with Crippen LogP contribution in [0.25, 0.3) is 0 Å². The zero-order valence-corrected chi connectivity index (χ0v) is 15.8. The first kappa shape index (κ1) is 17.4. The zero-order chi connectivity index (χ0) is 18.8. The predicted octanol–water partition coefficient (Wildman–Crippen LogP) is 5.01. The molecular weight excluding hydrogens is 364 g/mol. The highest BCUT2D eigenvalue weighted by molar-refractivity contribution is 6.31. The molecule has 2 heterocycles. The zero-order valence-electron chi connectivity index (χ0n) is 15.0. The van der Waals surface area contributed by atoms with Crippen LogP contribution in [-0.4, -0.2) is 23.2 Å². The van der Waals surface area contributed by atoms with Gasteiger partial charge in [-0.2, -0.15) is 4.98 Å². The molecule has 2 aromatic carbocycles. The first-order chi connectivity index (χ1) is 13.1. The van der Waals surface area contributed by atoms with Crippen molar-refractivity contribution in [3.8, 4) is 11.5 Å². The Balaban J connectivity index is 1.58. The van der Waals surface area contributed by atoms with Crippen molar-refractivity contribution in [2.45, 2.75) is 13.8 Å². The average molecular weight is 383 g/mol. The molecule has 0 saturated heterocycles. The predicted molar refractivity (Wildman–Crippen MR) is 107 cm³/mol. The van der Waals surface area contributed by atoms with Crippen LogP contribution in [0.4, 0.5) is 23.1 Å². The minimum absolute atomic E-state index is 0.500. The molecule has 6 nitrogen and oxygen atoms in total. The molecule has 0 aliphatic carbocycles. The first-order valence-electron chi connectivity index (χ1n) is 8.63. The Morgan fingerprint density at radius 2 is 1.74 bits per heavy atom. The van der Waals surface area contributed by atoms with Gasteiger partial charge in [-0.3, -0.25) is 0 Å². The summed E-state index contributed by atoms with van der Waals surface area (Å²) >= 11 is 6.19. The molecule has 0 fully saturated rings. The first-order valence-corrected chi connectivity index (χ1v) is 9.01. The largest absolute Gasteiger partial charge is 0.486 e. The van der Waals surface area contributed by atoms with Gasteiger partial charge in [-0.15, -0.1) is 0 Å². The van der Waals surface area contributed by atoms with E-state index in [1.54, 1.807) is 0 Å². The minimum atomic E-state index is 0.500. The van der Waals surface area contributed by atoms with Crippen LogP contribution in [0.1, 0.15) is 11.3 Å². The molecule has 0 amide bonds. The second-order valence-electron chi connectivity index (χ2n) is 6.24. The van der Waals surface area contributed by atoms with Crippen LogP contribution in [0.2, 0.25) is 5.02 Å². The lowest BCUT2D eigenvalue weighted by Crippen LogP contribution is -2.15. The van der Waals surface area contributed by atoms with Crippen LogP contribution >= 0.6 is 11.6 Å². The minimum Gasteiger partial charge on any atom is -0.486 e. The average Bonchev–Trinajstić information content (AvgIpc) is 2.65.